The van der Waals surface area contributed by atoms with E-state index in [0.29, 0.717) is 35.1 Å². The fourth-order valence-corrected chi connectivity index (χ4v) is 3.39. The van der Waals surface area contributed by atoms with Gasteiger partial charge in [-0.3, -0.25) is 9.89 Å². The molecule has 132 valence electrons. The van der Waals surface area contributed by atoms with E-state index in [2.05, 4.69) is 44.1 Å². The standard InChI is InChI=1S/C17H25ClN2O3Si/c1-11(21)12-9-14(18)13-10-19-20-15(13)16(12)22-7-8-23-24(5,6)17(2,3)4/h9-10H,7-8H2,1-6H3,(H,19,20). The maximum absolute atomic E-state index is 11.9. The van der Waals surface area contributed by atoms with E-state index in [-0.39, 0.29) is 10.8 Å². The Hall–Kier alpha value is -1.37. The molecule has 0 fully saturated rings. The second-order valence-corrected chi connectivity index (χ2v) is 12.6. The number of hydrogen-bond donors (Lipinski definition) is 1. The number of hydrogen-bond acceptors (Lipinski definition) is 4. The summed E-state index contributed by atoms with van der Waals surface area (Å²) in [7, 11) is -1.82. The van der Waals surface area contributed by atoms with Gasteiger partial charge in [-0.1, -0.05) is 32.4 Å². The van der Waals surface area contributed by atoms with E-state index in [1.165, 1.54) is 6.92 Å². The Labute approximate surface area is 148 Å². The van der Waals surface area contributed by atoms with Crippen LogP contribution in [0.5, 0.6) is 5.75 Å². The number of nitrogens with one attached hydrogen (secondary N) is 1. The van der Waals surface area contributed by atoms with Crippen molar-refractivity contribution >= 4 is 36.6 Å². The molecule has 0 atom stereocenters. The van der Waals surface area contributed by atoms with Crippen molar-refractivity contribution in [2.24, 2.45) is 0 Å². The number of aromatic amines is 1. The molecule has 24 heavy (non-hydrogen) atoms. The molecule has 1 aromatic carbocycles. The lowest BCUT2D eigenvalue weighted by Gasteiger charge is -2.36. The van der Waals surface area contributed by atoms with Gasteiger partial charge in [0, 0.05) is 5.39 Å². The zero-order valence-electron chi connectivity index (χ0n) is 15.1. The van der Waals surface area contributed by atoms with Gasteiger partial charge < -0.3 is 9.16 Å². The van der Waals surface area contributed by atoms with Gasteiger partial charge in [0.05, 0.1) is 23.4 Å². The number of carbonyl (C=O) groups excluding carboxylic acids is 1. The molecular weight excluding hydrogens is 344 g/mol. The van der Waals surface area contributed by atoms with Gasteiger partial charge in [-0.15, -0.1) is 0 Å². The van der Waals surface area contributed by atoms with E-state index in [0.717, 1.165) is 5.39 Å². The Morgan fingerprint density at radius 1 is 1.33 bits per heavy atom. The summed E-state index contributed by atoms with van der Waals surface area (Å²) in [6.45, 7) is 13.3. The van der Waals surface area contributed by atoms with E-state index < -0.39 is 8.32 Å². The van der Waals surface area contributed by atoms with Gasteiger partial charge in [-0.05, 0) is 31.1 Å². The number of ketones is 1. The monoisotopic (exact) mass is 368 g/mol. The molecule has 1 aromatic heterocycles. The van der Waals surface area contributed by atoms with Crippen LogP contribution in [0.3, 0.4) is 0 Å². The lowest BCUT2D eigenvalue weighted by molar-refractivity contribution is 0.101. The highest BCUT2D eigenvalue weighted by atomic mass is 35.5. The quantitative estimate of drug-likeness (QED) is 0.451. The minimum absolute atomic E-state index is 0.103. The molecule has 0 saturated carbocycles. The van der Waals surface area contributed by atoms with Crippen molar-refractivity contribution in [3.05, 3.63) is 22.8 Å². The minimum atomic E-state index is -1.82. The van der Waals surface area contributed by atoms with Crippen LogP contribution in [-0.2, 0) is 4.43 Å². The van der Waals surface area contributed by atoms with Crippen LogP contribution in [0.2, 0.25) is 23.2 Å². The van der Waals surface area contributed by atoms with Crippen molar-refractivity contribution in [2.75, 3.05) is 13.2 Å². The van der Waals surface area contributed by atoms with Crippen molar-refractivity contribution in [1.82, 2.24) is 10.2 Å². The number of carbonyl (C=O) groups is 1. The topological polar surface area (TPSA) is 64.2 Å². The lowest BCUT2D eigenvalue weighted by Crippen LogP contribution is -2.41. The average molecular weight is 369 g/mol. The van der Waals surface area contributed by atoms with Gasteiger partial charge in [0.1, 0.15) is 12.1 Å². The van der Waals surface area contributed by atoms with E-state index in [4.69, 9.17) is 20.8 Å². The molecule has 0 amide bonds. The zero-order chi connectivity index (χ0) is 18.1. The maximum Gasteiger partial charge on any atom is 0.192 e. The summed E-state index contributed by atoms with van der Waals surface area (Å²) < 4.78 is 12.0. The molecule has 0 aliphatic rings. The number of rotatable bonds is 6. The summed E-state index contributed by atoms with van der Waals surface area (Å²) >= 11 is 6.20. The first kappa shape index (κ1) is 19.0. The third-order valence-electron chi connectivity index (χ3n) is 4.62. The SMILES string of the molecule is CC(=O)c1cc(Cl)c2cn[nH]c2c1OCCO[Si](C)(C)C(C)(C)C. The average Bonchev–Trinajstić information content (AvgIpc) is 2.93. The summed E-state index contributed by atoms with van der Waals surface area (Å²) in [6, 6.07) is 1.63. The van der Waals surface area contributed by atoms with Crippen LogP contribution in [0.1, 0.15) is 38.1 Å². The normalized spacial score (nSPS) is 12.6. The third-order valence-corrected chi connectivity index (χ3v) is 9.47. The molecular formula is C17H25ClN2O3Si. The molecule has 7 heteroatoms. The Morgan fingerprint density at radius 3 is 2.58 bits per heavy atom. The van der Waals surface area contributed by atoms with Crippen LogP contribution in [0.4, 0.5) is 0 Å². The third kappa shape index (κ3) is 3.82. The van der Waals surface area contributed by atoms with Crippen molar-refractivity contribution in [3.63, 3.8) is 0 Å². The zero-order valence-corrected chi connectivity index (χ0v) is 16.9. The molecule has 0 aliphatic carbocycles. The molecule has 1 N–H and O–H groups in total. The van der Waals surface area contributed by atoms with Gasteiger partial charge in [0.15, 0.2) is 19.9 Å². The number of fused-ring (bicyclic) bond motifs is 1. The number of aromatic nitrogens is 2. The number of Topliss-reactive ketones (excluding diaryl/α,β-unsaturated/α-hetero) is 1. The van der Waals surface area contributed by atoms with Crippen molar-refractivity contribution < 1.29 is 14.0 Å². The molecule has 1 heterocycles. The Bertz CT molecular complexity index is 750. The van der Waals surface area contributed by atoms with Crippen LogP contribution in [0.25, 0.3) is 10.9 Å². The first-order valence-electron chi connectivity index (χ1n) is 7.98. The maximum atomic E-state index is 11.9. The van der Waals surface area contributed by atoms with Crippen molar-refractivity contribution in [1.29, 1.82) is 0 Å². The number of benzene rings is 1. The van der Waals surface area contributed by atoms with Crippen LogP contribution >= 0.6 is 11.6 Å². The fourth-order valence-electron chi connectivity index (χ4n) is 2.11. The molecule has 0 bridgehead atoms. The highest BCUT2D eigenvalue weighted by Crippen LogP contribution is 2.37. The largest absolute Gasteiger partial charge is 0.488 e. The van der Waals surface area contributed by atoms with Crippen LogP contribution < -0.4 is 4.74 Å². The van der Waals surface area contributed by atoms with Crippen LogP contribution in [0.15, 0.2) is 12.3 Å². The van der Waals surface area contributed by atoms with Gasteiger partial charge >= 0.3 is 0 Å². The van der Waals surface area contributed by atoms with Gasteiger partial charge in [-0.25, -0.2) is 0 Å². The Kier molecular flexibility index (Phi) is 5.42. The number of nitrogens with zero attached hydrogens (tertiary/aromatic N) is 1. The molecule has 0 unspecified atom stereocenters. The summed E-state index contributed by atoms with van der Waals surface area (Å²) in [5, 5.41) is 8.23. The Morgan fingerprint density at radius 2 is 2.00 bits per heavy atom. The van der Waals surface area contributed by atoms with E-state index in [1.807, 2.05) is 0 Å². The van der Waals surface area contributed by atoms with Crippen molar-refractivity contribution in [3.8, 4) is 5.75 Å². The number of halogens is 1. The highest BCUT2D eigenvalue weighted by Gasteiger charge is 2.36. The van der Waals surface area contributed by atoms with E-state index >= 15 is 0 Å². The second kappa shape index (κ2) is 6.86. The molecule has 2 aromatic rings. The summed E-state index contributed by atoms with van der Waals surface area (Å²) in [5.74, 6) is 0.381. The molecule has 0 spiro atoms. The minimum Gasteiger partial charge on any atom is -0.488 e. The molecule has 0 radical (unpaired) electrons. The number of ether oxygens (including phenoxy) is 1. The molecule has 0 aliphatic heterocycles. The smallest absolute Gasteiger partial charge is 0.192 e. The highest BCUT2D eigenvalue weighted by molar-refractivity contribution is 6.74. The van der Waals surface area contributed by atoms with Crippen molar-refractivity contribution in [2.45, 2.75) is 45.8 Å². The van der Waals surface area contributed by atoms with Crippen LogP contribution in [-0.4, -0.2) is 37.5 Å². The van der Waals surface area contributed by atoms with E-state index in [9.17, 15) is 4.79 Å². The van der Waals surface area contributed by atoms with Crippen LogP contribution in [0, 0.1) is 0 Å². The first-order valence-corrected chi connectivity index (χ1v) is 11.3. The Balaban J connectivity index is 2.16. The van der Waals surface area contributed by atoms with Gasteiger partial charge in [0.25, 0.3) is 0 Å². The number of H-pyrrole nitrogens is 1. The summed E-state index contributed by atoms with van der Waals surface area (Å²) in [5.41, 5.74) is 1.09. The second-order valence-electron chi connectivity index (χ2n) is 7.41. The molecule has 2 rings (SSSR count). The van der Waals surface area contributed by atoms with Gasteiger partial charge in [0.2, 0.25) is 0 Å². The lowest BCUT2D eigenvalue weighted by atomic mass is 10.1. The molecule has 5 nitrogen and oxygen atoms in total. The van der Waals surface area contributed by atoms with Gasteiger partial charge in [-0.2, -0.15) is 5.10 Å². The first-order chi connectivity index (χ1) is 11.0. The summed E-state index contributed by atoms with van der Waals surface area (Å²) in [6.07, 6.45) is 1.63. The predicted molar refractivity (Wildman–Crippen MR) is 99.8 cm³/mol. The molecule has 0 saturated heterocycles. The predicted octanol–water partition coefficient (Wildman–Crippen LogP) is 4.82. The fraction of sp³-hybridized carbons (Fsp3) is 0.529. The summed E-state index contributed by atoms with van der Waals surface area (Å²) in [4.78, 5) is 11.9. The van der Waals surface area contributed by atoms with E-state index in [1.54, 1.807) is 12.3 Å².